The third-order valence-electron chi connectivity index (χ3n) is 3.06. The van der Waals surface area contributed by atoms with Crippen LogP contribution in [0.4, 0.5) is 0 Å². The highest BCUT2D eigenvalue weighted by Gasteiger charge is 2.28. The van der Waals surface area contributed by atoms with E-state index < -0.39 is 0 Å². The Morgan fingerprint density at radius 1 is 1.41 bits per heavy atom. The number of hydrogen-bond acceptors (Lipinski definition) is 2. The summed E-state index contributed by atoms with van der Waals surface area (Å²) < 4.78 is 5.28. The van der Waals surface area contributed by atoms with Crippen molar-refractivity contribution in [3.05, 3.63) is 29.8 Å². The Bertz CT molecular complexity index is 386. The number of benzene rings is 1. The van der Waals surface area contributed by atoms with Crippen LogP contribution in [0.3, 0.4) is 0 Å². The smallest absolute Gasteiger partial charge is 0.223 e. The summed E-state index contributed by atoms with van der Waals surface area (Å²) in [4.78, 5) is 11.4. The van der Waals surface area contributed by atoms with Gasteiger partial charge in [-0.25, -0.2) is 0 Å². The van der Waals surface area contributed by atoms with E-state index in [4.69, 9.17) is 4.74 Å². The first-order valence-electron chi connectivity index (χ1n) is 6.21. The Morgan fingerprint density at radius 2 is 2.18 bits per heavy atom. The summed E-state index contributed by atoms with van der Waals surface area (Å²) in [6.45, 7) is 0.757. The molecule has 1 N–H and O–H groups in total. The van der Waals surface area contributed by atoms with Crippen LogP contribution in [-0.4, -0.2) is 19.6 Å². The van der Waals surface area contributed by atoms with Crippen molar-refractivity contribution in [2.75, 3.05) is 13.7 Å². The number of ether oxygens (including phenoxy) is 1. The highest BCUT2D eigenvalue weighted by Crippen LogP contribution is 2.28. The van der Waals surface area contributed by atoms with Crippen LogP contribution >= 0.6 is 0 Å². The molecule has 3 nitrogen and oxygen atoms in total. The van der Waals surface area contributed by atoms with Gasteiger partial charge in [0.2, 0.25) is 5.91 Å². The number of carbonyl (C=O) groups is 1. The molecule has 1 amide bonds. The summed E-state index contributed by atoms with van der Waals surface area (Å²) in [6.07, 6.45) is 4.03. The monoisotopic (exact) mass is 233 g/mol. The minimum atomic E-state index is 0.227. The molecule has 92 valence electrons. The molecule has 1 fully saturated rings. The molecule has 0 heterocycles. The summed E-state index contributed by atoms with van der Waals surface area (Å²) in [6, 6.07) is 8.03. The molecule has 1 aromatic carbocycles. The highest BCUT2D eigenvalue weighted by molar-refractivity contribution is 5.80. The number of rotatable bonds is 6. The molecule has 1 saturated carbocycles. The lowest BCUT2D eigenvalue weighted by Crippen LogP contribution is -2.26. The molecule has 3 heteroatoms. The van der Waals surface area contributed by atoms with Crippen LogP contribution in [0.5, 0.6) is 5.75 Å². The Hall–Kier alpha value is -1.51. The summed E-state index contributed by atoms with van der Waals surface area (Å²) in [5, 5.41) is 2.97. The van der Waals surface area contributed by atoms with Crippen LogP contribution in [-0.2, 0) is 11.2 Å². The van der Waals surface area contributed by atoms with Gasteiger partial charge in [0.25, 0.3) is 0 Å². The molecular formula is C14H19NO2. The van der Waals surface area contributed by atoms with E-state index >= 15 is 0 Å². The minimum Gasteiger partial charge on any atom is -0.496 e. The van der Waals surface area contributed by atoms with Crippen LogP contribution in [0.1, 0.15) is 24.8 Å². The highest BCUT2D eigenvalue weighted by atomic mass is 16.5. The molecular weight excluding hydrogens is 214 g/mol. The van der Waals surface area contributed by atoms with Gasteiger partial charge in [-0.05, 0) is 37.3 Å². The topological polar surface area (TPSA) is 38.3 Å². The van der Waals surface area contributed by atoms with Crippen LogP contribution < -0.4 is 10.1 Å². The minimum absolute atomic E-state index is 0.227. The third-order valence-corrected chi connectivity index (χ3v) is 3.06. The molecule has 0 radical (unpaired) electrons. The first-order valence-corrected chi connectivity index (χ1v) is 6.21. The van der Waals surface area contributed by atoms with E-state index in [2.05, 4.69) is 11.4 Å². The SMILES string of the molecule is COc1ccccc1CCCNC(=O)C1CC1. The van der Waals surface area contributed by atoms with Crippen molar-refractivity contribution >= 4 is 5.91 Å². The van der Waals surface area contributed by atoms with Crippen molar-refractivity contribution in [1.82, 2.24) is 5.32 Å². The number of hydrogen-bond donors (Lipinski definition) is 1. The molecule has 17 heavy (non-hydrogen) atoms. The summed E-state index contributed by atoms with van der Waals surface area (Å²) in [5.74, 6) is 1.47. The molecule has 0 bridgehead atoms. The molecule has 2 rings (SSSR count). The first kappa shape index (κ1) is 12.0. The van der Waals surface area contributed by atoms with Gasteiger partial charge in [0.1, 0.15) is 5.75 Å². The average Bonchev–Trinajstić information content (AvgIpc) is 3.19. The Kier molecular flexibility index (Phi) is 4.02. The largest absolute Gasteiger partial charge is 0.496 e. The van der Waals surface area contributed by atoms with Gasteiger partial charge in [0.05, 0.1) is 7.11 Å². The van der Waals surface area contributed by atoms with Crippen molar-refractivity contribution in [3.8, 4) is 5.75 Å². The van der Waals surface area contributed by atoms with Crippen LogP contribution in [0.25, 0.3) is 0 Å². The second-order valence-electron chi connectivity index (χ2n) is 4.48. The lowest BCUT2D eigenvalue weighted by atomic mass is 10.1. The average molecular weight is 233 g/mol. The molecule has 0 aliphatic heterocycles. The molecule has 0 unspecified atom stereocenters. The Labute approximate surface area is 102 Å². The van der Waals surface area contributed by atoms with Crippen molar-refractivity contribution in [2.45, 2.75) is 25.7 Å². The number of nitrogens with one attached hydrogen (secondary N) is 1. The van der Waals surface area contributed by atoms with Crippen LogP contribution in [0.2, 0.25) is 0 Å². The molecule has 1 aliphatic carbocycles. The fourth-order valence-electron chi connectivity index (χ4n) is 1.89. The van der Waals surface area contributed by atoms with Gasteiger partial charge < -0.3 is 10.1 Å². The third kappa shape index (κ3) is 3.48. The normalized spacial score (nSPS) is 14.4. The zero-order valence-corrected chi connectivity index (χ0v) is 10.2. The zero-order chi connectivity index (χ0) is 12.1. The quantitative estimate of drug-likeness (QED) is 0.765. The van der Waals surface area contributed by atoms with E-state index in [9.17, 15) is 4.79 Å². The van der Waals surface area contributed by atoms with Crippen LogP contribution in [0, 0.1) is 5.92 Å². The maximum atomic E-state index is 11.4. The standard InChI is InChI=1S/C14H19NO2/c1-17-13-7-3-2-5-11(13)6-4-10-15-14(16)12-8-9-12/h2-3,5,7,12H,4,6,8-10H2,1H3,(H,15,16). The van der Waals surface area contributed by atoms with Crippen molar-refractivity contribution in [3.63, 3.8) is 0 Å². The zero-order valence-electron chi connectivity index (χ0n) is 10.2. The lowest BCUT2D eigenvalue weighted by molar-refractivity contribution is -0.122. The molecule has 0 spiro atoms. The maximum Gasteiger partial charge on any atom is 0.223 e. The maximum absolute atomic E-state index is 11.4. The van der Waals surface area contributed by atoms with E-state index in [1.807, 2.05) is 18.2 Å². The molecule has 0 aromatic heterocycles. The number of methoxy groups -OCH3 is 1. The Balaban J connectivity index is 1.71. The van der Waals surface area contributed by atoms with Gasteiger partial charge >= 0.3 is 0 Å². The molecule has 1 aromatic rings. The number of carbonyl (C=O) groups excluding carboxylic acids is 1. The Morgan fingerprint density at radius 3 is 2.88 bits per heavy atom. The van der Waals surface area contributed by atoms with E-state index in [1.165, 1.54) is 5.56 Å². The van der Waals surface area contributed by atoms with Crippen molar-refractivity contribution in [2.24, 2.45) is 5.92 Å². The second kappa shape index (κ2) is 5.71. The van der Waals surface area contributed by atoms with E-state index in [0.717, 1.165) is 38.0 Å². The first-order chi connectivity index (χ1) is 8.31. The van der Waals surface area contributed by atoms with E-state index in [0.29, 0.717) is 5.92 Å². The van der Waals surface area contributed by atoms with Gasteiger partial charge in [-0.15, -0.1) is 0 Å². The second-order valence-corrected chi connectivity index (χ2v) is 4.48. The van der Waals surface area contributed by atoms with Crippen LogP contribution in [0.15, 0.2) is 24.3 Å². The molecule has 0 atom stereocenters. The van der Waals surface area contributed by atoms with Gasteiger partial charge in [-0.2, -0.15) is 0 Å². The van der Waals surface area contributed by atoms with E-state index in [-0.39, 0.29) is 5.91 Å². The van der Waals surface area contributed by atoms with Gasteiger partial charge in [-0.1, -0.05) is 18.2 Å². The number of aryl methyl sites for hydroxylation is 1. The van der Waals surface area contributed by atoms with Gasteiger partial charge in [0, 0.05) is 12.5 Å². The molecule has 1 aliphatic rings. The fraction of sp³-hybridized carbons (Fsp3) is 0.500. The summed E-state index contributed by atoms with van der Waals surface area (Å²) in [7, 11) is 1.69. The molecule has 0 saturated heterocycles. The predicted molar refractivity (Wildman–Crippen MR) is 67.0 cm³/mol. The van der Waals surface area contributed by atoms with Gasteiger partial charge in [0.15, 0.2) is 0 Å². The van der Waals surface area contributed by atoms with Crippen molar-refractivity contribution in [1.29, 1.82) is 0 Å². The summed E-state index contributed by atoms with van der Waals surface area (Å²) >= 11 is 0. The van der Waals surface area contributed by atoms with Gasteiger partial charge in [-0.3, -0.25) is 4.79 Å². The van der Waals surface area contributed by atoms with E-state index in [1.54, 1.807) is 7.11 Å². The number of amides is 1. The number of para-hydroxylation sites is 1. The lowest BCUT2D eigenvalue weighted by Gasteiger charge is -2.08. The predicted octanol–water partition coefficient (Wildman–Crippen LogP) is 2.15. The summed E-state index contributed by atoms with van der Waals surface area (Å²) in [5.41, 5.74) is 1.20. The fourth-order valence-corrected chi connectivity index (χ4v) is 1.89. The van der Waals surface area contributed by atoms with Crippen molar-refractivity contribution < 1.29 is 9.53 Å².